The van der Waals surface area contributed by atoms with Crippen LogP contribution in [0.15, 0.2) is 24.3 Å². The minimum Gasteiger partial charge on any atom is -0.507 e. The molecule has 88 valence electrons. The molecule has 0 aromatic heterocycles. The molecule has 1 aromatic carbocycles. The fourth-order valence-electron chi connectivity index (χ4n) is 1.42. The molecular weight excluding hydrogens is 204 g/mol. The van der Waals surface area contributed by atoms with Gasteiger partial charge in [-0.2, -0.15) is 0 Å². The van der Waals surface area contributed by atoms with E-state index in [0.29, 0.717) is 6.61 Å². The molecule has 0 bridgehead atoms. The van der Waals surface area contributed by atoms with Gasteiger partial charge in [-0.1, -0.05) is 38.3 Å². The summed E-state index contributed by atoms with van der Waals surface area (Å²) < 4.78 is 5.06. The van der Waals surface area contributed by atoms with Gasteiger partial charge in [0.15, 0.2) is 0 Å². The molecule has 1 rings (SSSR count). The fraction of sp³-hybridized carbons (Fsp3) is 0.462. The van der Waals surface area contributed by atoms with E-state index in [1.54, 1.807) is 18.2 Å². The Balaban J connectivity index is 2.33. The lowest BCUT2D eigenvalue weighted by molar-refractivity contribution is 0.0494. The average Bonchev–Trinajstić information content (AvgIpc) is 2.29. The van der Waals surface area contributed by atoms with Crippen LogP contribution in [0.25, 0.3) is 0 Å². The topological polar surface area (TPSA) is 46.5 Å². The monoisotopic (exact) mass is 222 g/mol. The highest BCUT2D eigenvalue weighted by molar-refractivity contribution is 5.92. The van der Waals surface area contributed by atoms with Gasteiger partial charge in [-0.3, -0.25) is 0 Å². The van der Waals surface area contributed by atoms with E-state index in [1.807, 2.05) is 0 Å². The van der Waals surface area contributed by atoms with Crippen molar-refractivity contribution in [2.24, 2.45) is 0 Å². The van der Waals surface area contributed by atoms with Crippen molar-refractivity contribution in [2.75, 3.05) is 6.61 Å². The van der Waals surface area contributed by atoms with E-state index in [4.69, 9.17) is 4.74 Å². The molecule has 0 atom stereocenters. The Morgan fingerprint density at radius 2 is 2.00 bits per heavy atom. The van der Waals surface area contributed by atoms with Gasteiger partial charge in [0.2, 0.25) is 0 Å². The van der Waals surface area contributed by atoms with Crippen LogP contribution in [0.3, 0.4) is 0 Å². The maximum Gasteiger partial charge on any atom is 0.341 e. The molecule has 0 unspecified atom stereocenters. The number of esters is 1. The van der Waals surface area contributed by atoms with E-state index in [2.05, 4.69) is 6.92 Å². The van der Waals surface area contributed by atoms with Crippen molar-refractivity contribution in [2.45, 2.75) is 32.6 Å². The largest absolute Gasteiger partial charge is 0.507 e. The molecular formula is C13H18O3. The Morgan fingerprint density at radius 1 is 1.25 bits per heavy atom. The lowest BCUT2D eigenvalue weighted by atomic mass is 10.2. The summed E-state index contributed by atoms with van der Waals surface area (Å²) in [6, 6.07) is 6.41. The minimum absolute atomic E-state index is 0.0268. The Hall–Kier alpha value is -1.51. The van der Waals surface area contributed by atoms with Crippen molar-refractivity contribution < 1.29 is 14.6 Å². The Labute approximate surface area is 96.1 Å². The summed E-state index contributed by atoms with van der Waals surface area (Å²) in [5, 5.41) is 9.42. The Bertz CT molecular complexity index is 334. The van der Waals surface area contributed by atoms with Crippen LogP contribution in [0.4, 0.5) is 0 Å². The highest BCUT2D eigenvalue weighted by atomic mass is 16.5. The first kappa shape index (κ1) is 12.6. The maximum atomic E-state index is 11.5. The lowest BCUT2D eigenvalue weighted by Gasteiger charge is -2.05. The van der Waals surface area contributed by atoms with Gasteiger partial charge in [-0.25, -0.2) is 4.79 Å². The van der Waals surface area contributed by atoms with Gasteiger partial charge in [0.1, 0.15) is 11.3 Å². The number of rotatable bonds is 6. The highest BCUT2D eigenvalue weighted by Gasteiger charge is 2.10. The van der Waals surface area contributed by atoms with Crippen LogP contribution in [0.5, 0.6) is 5.75 Å². The van der Waals surface area contributed by atoms with Crippen LogP contribution >= 0.6 is 0 Å². The van der Waals surface area contributed by atoms with Gasteiger partial charge in [0, 0.05) is 0 Å². The zero-order chi connectivity index (χ0) is 11.8. The van der Waals surface area contributed by atoms with Crippen LogP contribution in [-0.2, 0) is 4.74 Å². The van der Waals surface area contributed by atoms with E-state index in [1.165, 1.54) is 6.07 Å². The van der Waals surface area contributed by atoms with Crippen molar-refractivity contribution in [3.8, 4) is 5.75 Å². The smallest absolute Gasteiger partial charge is 0.341 e. The van der Waals surface area contributed by atoms with Crippen LogP contribution in [-0.4, -0.2) is 17.7 Å². The van der Waals surface area contributed by atoms with Crippen LogP contribution in [0.1, 0.15) is 43.0 Å². The normalized spacial score (nSPS) is 10.1. The number of unbranched alkanes of at least 4 members (excludes halogenated alkanes) is 3. The third-order valence-corrected chi connectivity index (χ3v) is 2.36. The minimum atomic E-state index is -0.449. The second-order valence-corrected chi connectivity index (χ2v) is 3.71. The third-order valence-electron chi connectivity index (χ3n) is 2.36. The number of hydrogen-bond acceptors (Lipinski definition) is 3. The molecule has 0 spiro atoms. The maximum absolute atomic E-state index is 11.5. The Morgan fingerprint density at radius 3 is 2.69 bits per heavy atom. The first-order valence-corrected chi connectivity index (χ1v) is 5.70. The predicted molar refractivity (Wildman–Crippen MR) is 62.5 cm³/mol. The van der Waals surface area contributed by atoms with E-state index < -0.39 is 5.97 Å². The SMILES string of the molecule is CCCCCCOC(=O)c1ccccc1O. The first-order valence-electron chi connectivity index (χ1n) is 5.70. The standard InChI is InChI=1S/C13H18O3/c1-2-3-4-7-10-16-13(15)11-8-5-6-9-12(11)14/h5-6,8-9,14H,2-4,7,10H2,1H3. The molecule has 16 heavy (non-hydrogen) atoms. The van der Waals surface area contributed by atoms with Crippen molar-refractivity contribution in [3.63, 3.8) is 0 Å². The second kappa shape index (κ2) is 6.88. The summed E-state index contributed by atoms with van der Waals surface area (Å²) in [6.45, 7) is 2.56. The zero-order valence-corrected chi connectivity index (χ0v) is 9.61. The number of phenolic OH excluding ortho intramolecular Hbond substituents is 1. The summed E-state index contributed by atoms with van der Waals surface area (Å²) in [7, 11) is 0. The number of carbonyl (C=O) groups excluding carboxylic acids is 1. The molecule has 3 nitrogen and oxygen atoms in total. The van der Waals surface area contributed by atoms with Gasteiger partial charge in [0.25, 0.3) is 0 Å². The molecule has 0 amide bonds. The summed E-state index contributed by atoms with van der Waals surface area (Å²) >= 11 is 0. The predicted octanol–water partition coefficient (Wildman–Crippen LogP) is 3.13. The van der Waals surface area contributed by atoms with Crippen LogP contribution < -0.4 is 0 Å². The van der Waals surface area contributed by atoms with Crippen molar-refractivity contribution in [1.82, 2.24) is 0 Å². The number of carbonyl (C=O) groups is 1. The molecule has 0 aliphatic heterocycles. The van der Waals surface area contributed by atoms with E-state index in [0.717, 1.165) is 25.7 Å². The molecule has 1 N–H and O–H groups in total. The van der Waals surface area contributed by atoms with E-state index in [-0.39, 0.29) is 11.3 Å². The summed E-state index contributed by atoms with van der Waals surface area (Å²) in [5.74, 6) is -0.476. The van der Waals surface area contributed by atoms with Crippen molar-refractivity contribution in [3.05, 3.63) is 29.8 Å². The number of ether oxygens (including phenoxy) is 1. The lowest BCUT2D eigenvalue weighted by Crippen LogP contribution is -2.06. The summed E-state index contributed by atoms with van der Waals surface area (Å²) in [5.41, 5.74) is 0.234. The van der Waals surface area contributed by atoms with Crippen LogP contribution in [0.2, 0.25) is 0 Å². The highest BCUT2D eigenvalue weighted by Crippen LogP contribution is 2.16. The van der Waals surface area contributed by atoms with Gasteiger partial charge >= 0.3 is 5.97 Å². The molecule has 0 saturated carbocycles. The number of benzene rings is 1. The number of phenols is 1. The molecule has 3 heteroatoms. The number of aromatic hydroxyl groups is 1. The molecule has 0 fully saturated rings. The van der Waals surface area contributed by atoms with Crippen molar-refractivity contribution in [1.29, 1.82) is 0 Å². The summed E-state index contributed by atoms with van der Waals surface area (Å²) in [6.07, 6.45) is 4.28. The van der Waals surface area contributed by atoms with E-state index >= 15 is 0 Å². The Kier molecular flexibility index (Phi) is 5.40. The average molecular weight is 222 g/mol. The molecule has 0 radical (unpaired) electrons. The van der Waals surface area contributed by atoms with Gasteiger partial charge in [-0.05, 0) is 18.6 Å². The van der Waals surface area contributed by atoms with Crippen LogP contribution in [0, 0.1) is 0 Å². The van der Waals surface area contributed by atoms with E-state index in [9.17, 15) is 9.90 Å². The fourth-order valence-corrected chi connectivity index (χ4v) is 1.42. The molecule has 0 aliphatic carbocycles. The second-order valence-electron chi connectivity index (χ2n) is 3.71. The number of hydrogen-bond donors (Lipinski definition) is 1. The molecule has 1 aromatic rings. The van der Waals surface area contributed by atoms with Gasteiger partial charge in [-0.15, -0.1) is 0 Å². The zero-order valence-electron chi connectivity index (χ0n) is 9.61. The molecule has 0 saturated heterocycles. The summed E-state index contributed by atoms with van der Waals surface area (Å²) in [4.78, 5) is 11.5. The quantitative estimate of drug-likeness (QED) is 0.594. The molecule has 0 aliphatic rings. The third kappa shape index (κ3) is 3.93. The van der Waals surface area contributed by atoms with Gasteiger partial charge in [0.05, 0.1) is 6.61 Å². The molecule has 0 heterocycles. The van der Waals surface area contributed by atoms with Gasteiger partial charge < -0.3 is 9.84 Å². The first-order chi connectivity index (χ1) is 7.75. The number of para-hydroxylation sites is 1. The van der Waals surface area contributed by atoms with Crippen molar-refractivity contribution >= 4 is 5.97 Å².